The first-order chi connectivity index (χ1) is 7.93. The molecule has 0 saturated carbocycles. The summed E-state index contributed by atoms with van der Waals surface area (Å²) < 4.78 is 5.49. The maximum Gasteiger partial charge on any atom is 0.258 e. The van der Waals surface area contributed by atoms with E-state index in [2.05, 4.69) is 6.92 Å². The highest BCUT2D eigenvalue weighted by molar-refractivity contribution is 6.01. The van der Waals surface area contributed by atoms with Gasteiger partial charge in [0.2, 0.25) is 0 Å². The molecule has 4 heteroatoms. The number of ketones is 1. The van der Waals surface area contributed by atoms with Crippen molar-refractivity contribution in [2.75, 3.05) is 0 Å². The monoisotopic (exact) mass is 234 g/mol. The normalized spacial score (nSPS) is 12.2. The molecule has 91 valence electrons. The molecule has 1 aromatic carbocycles. The molecule has 1 unspecified atom stereocenters. The third-order valence-corrected chi connectivity index (χ3v) is 2.33. The number of benzene rings is 1. The number of para-hydroxylation sites is 1. The molecule has 0 aliphatic carbocycles. The molecule has 0 spiro atoms. The molecule has 0 bridgehead atoms. The molecular weight excluding hydrogens is 218 g/mol. The molecule has 1 amide bonds. The minimum atomic E-state index is -0.754. The highest BCUT2D eigenvalue weighted by Crippen LogP contribution is 2.21. The highest BCUT2D eigenvalue weighted by Gasteiger charge is 2.23. The maximum atomic E-state index is 11.3. The minimum Gasteiger partial charge on any atom is -0.480 e. The predicted molar refractivity (Wildman–Crippen MR) is 64.6 cm³/mol. The SMILES string of the molecule is [CH2]C(=O)c1ccccc1OC(C(N)=O)C(C)C. The second kappa shape index (κ2) is 5.48. The number of hydrogen-bond donors (Lipinski definition) is 1. The molecule has 1 rings (SSSR count). The van der Waals surface area contributed by atoms with E-state index >= 15 is 0 Å². The van der Waals surface area contributed by atoms with E-state index in [1.165, 1.54) is 0 Å². The van der Waals surface area contributed by atoms with Crippen molar-refractivity contribution in [3.63, 3.8) is 0 Å². The van der Waals surface area contributed by atoms with E-state index in [1.807, 2.05) is 13.8 Å². The summed E-state index contributed by atoms with van der Waals surface area (Å²) in [6.07, 6.45) is -0.754. The number of carbonyl (C=O) groups excluding carboxylic acids is 2. The Hall–Kier alpha value is -1.84. The van der Waals surface area contributed by atoms with Gasteiger partial charge in [-0.05, 0) is 18.1 Å². The van der Waals surface area contributed by atoms with Gasteiger partial charge in [-0.15, -0.1) is 0 Å². The van der Waals surface area contributed by atoms with Crippen molar-refractivity contribution in [1.82, 2.24) is 0 Å². The van der Waals surface area contributed by atoms with Crippen LogP contribution in [0.1, 0.15) is 24.2 Å². The average Bonchev–Trinajstić information content (AvgIpc) is 2.25. The van der Waals surface area contributed by atoms with Gasteiger partial charge in [0.1, 0.15) is 5.75 Å². The Bertz CT molecular complexity index is 426. The van der Waals surface area contributed by atoms with Crippen LogP contribution in [0, 0.1) is 12.8 Å². The van der Waals surface area contributed by atoms with Crippen molar-refractivity contribution in [3.8, 4) is 5.75 Å². The van der Waals surface area contributed by atoms with E-state index in [0.29, 0.717) is 11.3 Å². The fourth-order valence-electron chi connectivity index (χ4n) is 1.46. The lowest BCUT2D eigenvalue weighted by molar-refractivity contribution is -0.126. The van der Waals surface area contributed by atoms with Crippen molar-refractivity contribution >= 4 is 11.7 Å². The van der Waals surface area contributed by atoms with Gasteiger partial charge in [0, 0.05) is 6.92 Å². The maximum absolute atomic E-state index is 11.3. The molecule has 1 radical (unpaired) electrons. The first-order valence-electron chi connectivity index (χ1n) is 5.34. The van der Waals surface area contributed by atoms with E-state index in [0.717, 1.165) is 0 Å². The lowest BCUT2D eigenvalue weighted by Gasteiger charge is -2.20. The van der Waals surface area contributed by atoms with E-state index < -0.39 is 12.0 Å². The van der Waals surface area contributed by atoms with Crippen molar-refractivity contribution < 1.29 is 14.3 Å². The van der Waals surface area contributed by atoms with Crippen LogP contribution in [0.4, 0.5) is 0 Å². The number of amides is 1. The number of hydrogen-bond acceptors (Lipinski definition) is 3. The summed E-state index contributed by atoms with van der Waals surface area (Å²) in [5.74, 6) is -0.635. The van der Waals surface area contributed by atoms with E-state index in [-0.39, 0.29) is 11.7 Å². The Morgan fingerprint density at radius 1 is 1.29 bits per heavy atom. The first kappa shape index (κ1) is 13.2. The van der Waals surface area contributed by atoms with Gasteiger partial charge in [0.15, 0.2) is 11.9 Å². The number of Topliss-reactive ketones (excluding diaryl/α,β-unsaturated/α-hetero) is 1. The van der Waals surface area contributed by atoms with Gasteiger partial charge in [0.05, 0.1) is 5.56 Å². The molecule has 0 fully saturated rings. The lowest BCUT2D eigenvalue weighted by Crippen LogP contribution is -2.38. The summed E-state index contributed by atoms with van der Waals surface area (Å²) in [7, 11) is 0. The van der Waals surface area contributed by atoms with Crippen molar-refractivity contribution in [3.05, 3.63) is 36.8 Å². The summed E-state index contributed by atoms with van der Waals surface area (Å²) in [5.41, 5.74) is 5.59. The van der Waals surface area contributed by atoms with E-state index in [4.69, 9.17) is 10.5 Å². The Morgan fingerprint density at radius 3 is 2.35 bits per heavy atom. The first-order valence-corrected chi connectivity index (χ1v) is 5.34. The molecule has 0 saturated heterocycles. The van der Waals surface area contributed by atoms with E-state index in [9.17, 15) is 9.59 Å². The molecule has 1 atom stereocenters. The van der Waals surface area contributed by atoms with Gasteiger partial charge in [-0.1, -0.05) is 26.0 Å². The Labute approximate surface area is 101 Å². The summed E-state index contributed by atoms with van der Waals surface area (Å²) in [5, 5.41) is 0. The quantitative estimate of drug-likeness (QED) is 0.786. The zero-order valence-corrected chi connectivity index (χ0v) is 9.97. The fourth-order valence-corrected chi connectivity index (χ4v) is 1.46. The van der Waals surface area contributed by atoms with Crippen molar-refractivity contribution in [1.29, 1.82) is 0 Å². The standard InChI is InChI=1S/C13H16NO3/c1-8(2)12(13(14)16)17-11-7-5-4-6-10(11)9(3)15/h4-8,12H,3H2,1-2H3,(H2,14,16). The number of nitrogens with two attached hydrogens (primary N) is 1. The van der Waals surface area contributed by atoms with Crippen LogP contribution >= 0.6 is 0 Å². The average molecular weight is 234 g/mol. The Balaban J connectivity index is 3.01. The molecular formula is C13H16NO3. The molecule has 0 aliphatic rings. The third kappa shape index (κ3) is 3.31. The smallest absolute Gasteiger partial charge is 0.258 e. The summed E-state index contributed by atoms with van der Waals surface area (Å²) in [6.45, 7) is 6.98. The van der Waals surface area contributed by atoms with Crippen LogP contribution in [-0.4, -0.2) is 17.8 Å². The molecule has 4 nitrogen and oxygen atoms in total. The van der Waals surface area contributed by atoms with Crippen LogP contribution in [-0.2, 0) is 4.79 Å². The molecule has 2 N–H and O–H groups in total. The van der Waals surface area contributed by atoms with Crippen LogP contribution in [0.15, 0.2) is 24.3 Å². The van der Waals surface area contributed by atoms with Gasteiger partial charge < -0.3 is 10.5 Å². The lowest BCUT2D eigenvalue weighted by atomic mass is 10.1. The summed E-state index contributed by atoms with van der Waals surface area (Å²) in [4.78, 5) is 22.5. The molecule has 1 aromatic rings. The number of ether oxygens (including phenoxy) is 1. The van der Waals surface area contributed by atoms with Crippen LogP contribution in [0.2, 0.25) is 0 Å². The van der Waals surface area contributed by atoms with Crippen molar-refractivity contribution in [2.45, 2.75) is 20.0 Å². The highest BCUT2D eigenvalue weighted by atomic mass is 16.5. The van der Waals surface area contributed by atoms with Gasteiger partial charge >= 0.3 is 0 Å². The number of rotatable bonds is 5. The molecule has 0 heterocycles. The second-order valence-electron chi connectivity index (χ2n) is 4.10. The van der Waals surface area contributed by atoms with Crippen LogP contribution in [0.3, 0.4) is 0 Å². The minimum absolute atomic E-state index is 0.0690. The Kier molecular flexibility index (Phi) is 4.26. The van der Waals surface area contributed by atoms with Gasteiger partial charge in [-0.25, -0.2) is 0 Å². The second-order valence-corrected chi connectivity index (χ2v) is 4.10. The number of primary amides is 1. The molecule has 0 aromatic heterocycles. The summed E-state index contributed by atoms with van der Waals surface area (Å²) >= 11 is 0. The summed E-state index contributed by atoms with van der Waals surface area (Å²) in [6, 6.07) is 6.65. The largest absolute Gasteiger partial charge is 0.480 e. The predicted octanol–water partition coefficient (Wildman–Crippen LogP) is 1.59. The Morgan fingerprint density at radius 2 is 1.88 bits per heavy atom. The van der Waals surface area contributed by atoms with Gasteiger partial charge in [0.25, 0.3) is 5.91 Å². The number of carbonyl (C=O) groups is 2. The van der Waals surface area contributed by atoms with E-state index in [1.54, 1.807) is 24.3 Å². The van der Waals surface area contributed by atoms with Crippen LogP contribution < -0.4 is 10.5 Å². The fraction of sp³-hybridized carbons (Fsp3) is 0.308. The topological polar surface area (TPSA) is 69.4 Å². The third-order valence-electron chi connectivity index (χ3n) is 2.33. The van der Waals surface area contributed by atoms with Crippen LogP contribution in [0.5, 0.6) is 5.75 Å². The zero-order valence-electron chi connectivity index (χ0n) is 9.97. The zero-order chi connectivity index (χ0) is 13.0. The van der Waals surface area contributed by atoms with Crippen molar-refractivity contribution in [2.24, 2.45) is 11.7 Å². The molecule has 0 aliphatic heterocycles. The van der Waals surface area contributed by atoms with Crippen LogP contribution in [0.25, 0.3) is 0 Å². The van der Waals surface area contributed by atoms with Gasteiger partial charge in [-0.3, -0.25) is 9.59 Å². The van der Waals surface area contributed by atoms with Gasteiger partial charge in [-0.2, -0.15) is 0 Å². The molecule has 17 heavy (non-hydrogen) atoms.